The second-order valence-electron chi connectivity index (χ2n) is 3.59. The highest BCUT2D eigenvalue weighted by molar-refractivity contribution is 5.94. The van der Waals surface area contributed by atoms with Crippen LogP contribution in [0.3, 0.4) is 0 Å². The Hall–Kier alpha value is -2.17. The normalized spacial score (nSPS) is 10.2. The Morgan fingerprint density at radius 2 is 2.24 bits per heavy atom. The summed E-state index contributed by atoms with van der Waals surface area (Å²) >= 11 is 0. The molecular formula is C12H11FN2O2. The van der Waals surface area contributed by atoms with Gasteiger partial charge in [0.05, 0.1) is 5.69 Å². The van der Waals surface area contributed by atoms with Gasteiger partial charge in [-0.2, -0.15) is 0 Å². The molecule has 0 saturated heterocycles. The average Bonchev–Trinajstić information content (AvgIpc) is 2.74. The predicted molar refractivity (Wildman–Crippen MR) is 58.8 cm³/mol. The van der Waals surface area contributed by atoms with Crippen LogP contribution in [0.15, 0.2) is 35.1 Å². The van der Waals surface area contributed by atoms with Crippen molar-refractivity contribution in [2.24, 2.45) is 0 Å². The van der Waals surface area contributed by atoms with E-state index in [9.17, 15) is 9.18 Å². The van der Waals surface area contributed by atoms with Crippen LogP contribution in [-0.4, -0.2) is 11.1 Å². The molecule has 0 radical (unpaired) electrons. The zero-order valence-corrected chi connectivity index (χ0v) is 9.24. The van der Waals surface area contributed by atoms with Crippen molar-refractivity contribution in [1.82, 2.24) is 10.5 Å². The number of hydrogen-bond acceptors (Lipinski definition) is 3. The predicted octanol–water partition coefficient (Wildman–Crippen LogP) is 2.05. The third-order valence-electron chi connectivity index (χ3n) is 2.39. The maximum atomic E-state index is 13.3. The number of aromatic nitrogens is 1. The van der Waals surface area contributed by atoms with E-state index >= 15 is 0 Å². The average molecular weight is 234 g/mol. The molecule has 88 valence electrons. The number of nitrogens with one attached hydrogen (secondary N) is 1. The summed E-state index contributed by atoms with van der Waals surface area (Å²) in [6, 6.07) is 6.29. The van der Waals surface area contributed by atoms with Gasteiger partial charge in [0.1, 0.15) is 17.6 Å². The first kappa shape index (κ1) is 11.3. The van der Waals surface area contributed by atoms with Gasteiger partial charge in [-0.3, -0.25) is 4.79 Å². The molecule has 0 aliphatic heterocycles. The molecule has 0 saturated carbocycles. The number of halogens is 1. The smallest absolute Gasteiger partial charge is 0.256 e. The first-order chi connectivity index (χ1) is 8.18. The van der Waals surface area contributed by atoms with Gasteiger partial charge in [-0.1, -0.05) is 23.4 Å². The Kier molecular flexibility index (Phi) is 3.18. The van der Waals surface area contributed by atoms with Crippen LogP contribution < -0.4 is 5.32 Å². The van der Waals surface area contributed by atoms with Gasteiger partial charge in [0, 0.05) is 12.1 Å². The highest BCUT2D eigenvalue weighted by Gasteiger charge is 2.12. The third kappa shape index (κ3) is 2.50. The highest BCUT2D eigenvalue weighted by atomic mass is 19.1. The van der Waals surface area contributed by atoms with Crippen molar-refractivity contribution in [2.75, 3.05) is 0 Å². The van der Waals surface area contributed by atoms with Gasteiger partial charge in [0.2, 0.25) is 0 Å². The van der Waals surface area contributed by atoms with E-state index in [1.165, 1.54) is 12.3 Å². The van der Waals surface area contributed by atoms with Crippen LogP contribution in [0.4, 0.5) is 4.39 Å². The van der Waals surface area contributed by atoms with Gasteiger partial charge in [0.15, 0.2) is 0 Å². The summed E-state index contributed by atoms with van der Waals surface area (Å²) in [6.07, 6.45) is 1.27. The molecule has 0 atom stereocenters. The van der Waals surface area contributed by atoms with Crippen molar-refractivity contribution in [3.63, 3.8) is 0 Å². The molecular weight excluding hydrogens is 223 g/mol. The zero-order chi connectivity index (χ0) is 12.3. The third-order valence-corrected chi connectivity index (χ3v) is 2.39. The summed E-state index contributed by atoms with van der Waals surface area (Å²) in [6.45, 7) is 1.80. The summed E-state index contributed by atoms with van der Waals surface area (Å²) < 4.78 is 17.9. The molecule has 17 heavy (non-hydrogen) atoms. The fraction of sp³-hybridized carbons (Fsp3) is 0.167. The molecule has 1 N–H and O–H groups in total. The zero-order valence-electron chi connectivity index (χ0n) is 9.24. The molecule has 0 unspecified atom stereocenters. The van der Waals surface area contributed by atoms with Crippen molar-refractivity contribution in [3.8, 4) is 0 Å². The quantitative estimate of drug-likeness (QED) is 0.884. The maximum absolute atomic E-state index is 13.3. The largest absolute Gasteiger partial charge is 0.364 e. The number of carbonyl (C=O) groups is 1. The molecule has 5 heteroatoms. The molecule has 2 rings (SSSR count). The van der Waals surface area contributed by atoms with Crippen LogP contribution in [0.25, 0.3) is 0 Å². The summed E-state index contributed by atoms with van der Waals surface area (Å²) in [5.74, 6) is -0.665. The fourth-order valence-electron chi connectivity index (χ4n) is 1.42. The minimum absolute atomic E-state index is 0.135. The Morgan fingerprint density at radius 3 is 2.88 bits per heavy atom. The number of rotatable bonds is 3. The van der Waals surface area contributed by atoms with Crippen LogP contribution in [0.1, 0.15) is 21.6 Å². The number of hydrogen-bond donors (Lipinski definition) is 1. The SMILES string of the molecule is Cc1nocc1C(=O)NCc1ccccc1F. The van der Waals surface area contributed by atoms with Crippen LogP contribution in [0.2, 0.25) is 0 Å². The standard InChI is InChI=1S/C12H11FN2O2/c1-8-10(7-17-15-8)12(16)14-6-9-4-2-3-5-11(9)13/h2-5,7H,6H2,1H3,(H,14,16). The van der Waals surface area contributed by atoms with E-state index in [0.717, 1.165) is 0 Å². The second-order valence-corrected chi connectivity index (χ2v) is 3.59. The van der Waals surface area contributed by atoms with E-state index in [4.69, 9.17) is 0 Å². The van der Waals surface area contributed by atoms with Crippen molar-refractivity contribution in [1.29, 1.82) is 0 Å². The van der Waals surface area contributed by atoms with E-state index in [0.29, 0.717) is 16.8 Å². The van der Waals surface area contributed by atoms with Crippen molar-refractivity contribution in [2.45, 2.75) is 13.5 Å². The molecule has 1 heterocycles. The highest BCUT2D eigenvalue weighted by Crippen LogP contribution is 2.08. The van der Waals surface area contributed by atoms with Gasteiger partial charge in [-0.15, -0.1) is 0 Å². The lowest BCUT2D eigenvalue weighted by Gasteiger charge is -2.04. The Morgan fingerprint density at radius 1 is 1.47 bits per heavy atom. The fourth-order valence-corrected chi connectivity index (χ4v) is 1.42. The number of benzene rings is 1. The van der Waals surface area contributed by atoms with Crippen LogP contribution in [-0.2, 0) is 6.54 Å². The number of carbonyl (C=O) groups excluding carboxylic acids is 1. The monoisotopic (exact) mass is 234 g/mol. The molecule has 2 aromatic rings. The van der Waals surface area contributed by atoms with Crippen LogP contribution in [0.5, 0.6) is 0 Å². The Labute approximate surface area is 97.4 Å². The van der Waals surface area contributed by atoms with Crippen LogP contribution >= 0.6 is 0 Å². The number of aryl methyl sites for hydroxylation is 1. The number of nitrogens with zero attached hydrogens (tertiary/aromatic N) is 1. The van der Waals surface area contributed by atoms with Crippen molar-refractivity contribution in [3.05, 3.63) is 53.2 Å². The molecule has 1 aromatic carbocycles. The first-order valence-electron chi connectivity index (χ1n) is 5.11. The molecule has 1 aromatic heterocycles. The lowest BCUT2D eigenvalue weighted by molar-refractivity contribution is 0.0949. The first-order valence-corrected chi connectivity index (χ1v) is 5.11. The summed E-state index contributed by atoms with van der Waals surface area (Å²) in [7, 11) is 0. The molecule has 1 amide bonds. The molecule has 0 fully saturated rings. The van der Waals surface area contributed by atoms with Crippen LogP contribution in [0, 0.1) is 12.7 Å². The maximum Gasteiger partial charge on any atom is 0.256 e. The molecule has 4 nitrogen and oxygen atoms in total. The number of amides is 1. The lowest BCUT2D eigenvalue weighted by Crippen LogP contribution is -2.23. The topological polar surface area (TPSA) is 55.1 Å². The van der Waals surface area contributed by atoms with E-state index in [2.05, 4.69) is 15.0 Å². The van der Waals surface area contributed by atoms with Gasteiger partial charge < -0.3 is 9.84 Å². The lowest BCUT2D eigenvalue weighted by atomic mass is 10.2. The van der Waals surface area contributed by atoms with E-state index in [1.807, 2.05) is 0 Å². The van der Waals surface area contributed by atoms with Gasteiger partial charge >= 0.3 is 0 Å². The molecule has 0 bridgehead atoms. The minimum atomic E-state index is -0.338. The second kappa shape index (κ2) is 4.78. The Balaban J connectivity index is 2.02. The summed E-state index contributed by atoms with van der Waals surface area (Å²) in [5, 5.41) is 6.20. The van der Waals surface area contributed by atoms with Crippen molar-refractivity contribution < 1.29 is 13.7 Å². The molecule has 0 aliphatic rings. The van der Waals surface area contributed by atoms with Gasteiger partial charge in [-0.05, 0) is 13.0 Å². The summed E-state index contributed by atoms with van der Waals surface area (Å²) in [5.41, 5.74) is 1.31. The van der Waals surface area contributed by atoms with Crippen molar-refractivity contribution >= 4 is 5.91 Å². The molecule has 0 spiro atoms. The van der Waals surface area contributed by atoms with Gasteiger partial charge in [0.25, 0.3) is 5.91 Å². The van der Waals surface area contributed by atoms with E-state index in [-0.39, 0.29) is 18.3 Å². The minimum Gasteiger partial charge on any atom is -0.364 e. The van der Waals surface area contributed by atoms with Gasteiger partial charge in [-0.25, -0.2) is 4.39 Å². The Bertz CT molecular complexity index is 537. The van der Waals surface area contributed by atoms with E-state index < -0.39 is 0 Å². The van der Waals surface area contributed by atoms with E-state index in [1.54, 1.807) is 25.1 Å². The molecule has 0 aliphatic carbocycles. The summed E-state index contributed by atoms with van der Waals surface area (Å²) in [4.78, 5) is 11.7.